The molecule has 2 heterocycles. The summed E-state index contributed by atoms with van der Waals surface area (Å²) in [7, 11) is 0. The molecule has 2 aliphatic heterocycles. The van der Waals surface area contributed by atoms with Gasteiger partial charge in [0.05, 0.1) is 12.5 Å². The fourth-order valence-corrected chi connectivity index (χ4v) is 3.24. The predicted molar refractivity (Wildman–Crippen MR) is 94.5 cm³/mol. The Morgan fingerprint density at radius 3 is 1.55 bits per heavy atom. The van der Waals surface area contributed by atoms with E-state index in [1.807, 2.05) is 0 Å². The summed E-state index contributed by atoms with van der Waals surface area (Å²) >= 11 is 0. The van der Waals surface area contributed by atoms with Gasteiger partial charge in [0.15, 0.2) is 0 Å². The maximum atomic E-state index is 12.3. The lowest BCUT2D eigenvalue weighted by Gasteiger charge is -2.42. The third-order valence-corrected chi connectivity index (χ3v) is 4.69. The van der Waals surface area contributed by atoms with Crippen molar-refractivity contribution >= 4 is 23.9 Å². The number of aliphatic hydroxyl groups excluding tert-OH is 1. The molecule has 0 aromatic carbocycles. The summed E-state index contributed by atoms with van der Waals surface area (Å²) in [6.07, 6.45) is -0.288. The van der Waals surface area contributed by atoms with E-state index >= 15 is 0 Å². The number of aliphatic hydroxyl groups is 2. The van der Waals surface area contributed by atoms with Crippen LogP contribution in [0.25, 0.3) is 0 Å². The van der Waals surface area contributed by atoms with Crippen LogP contribution in [-0.4, -0.2) is 52.0 Å². The first-order chi connectivity index (χ1) is 13.7. The van der Waals surface area contributed by atoms with Crippen molar-refractivity contribution in [2.24, 2.45) is 0 Å². The van der Waals surface area contributed by atoms with Gasteiger partial charge in [-0.05, 0) is 32.1 Å². The van der Waals surface area contributed by atoms with Gasteiger partial charge < -0.3 is 29.2 Å². The van der Waals surface area contributed by atoms with Crippen molar-refractivity contribution in [1.29, 1.82) is 0 Å². The highest BCUT2D eigenvalue weighted by molar-refractivity contribution is 5.75. The van der Waals surface area contributed by atoms with Crippen LogP contribution >= 0.6 is 0 Å². The summed E-state index contributed by atoms with van der Waals surface area (Å²) in [4.78, 5) is 49.0. The summed E-state index contributed by atoms with van der Waals surface area (Å²) in [6.45, 7) is 1.78. The Morgan fingerprint density at radius 2 is 1.17 bits per heavy atom. The van der Waals surface area contributed by atoms with Gasteiger partial charge in [-0.2, -0.15) is 0 Å². The second-order valence-electron chi connectivity index (χ2n) is 7.29. The zero-order valence-electron chi connectivity index (χ0n) is 16.5. The van der Waals surface area contributed by atoms with Crippen LogP contribution in [0.5, 0.6) is 0 Å². The number of rotatable bonds is 5. The number of carbonyl (C=O) groups excluding carboxylic acids is 4. The molecular weight excluding hydrogens is 388 g/mol. The number of cyclic esters (lactones) is 4. The van der Waals surface area contributed by atoms with Crippen LogP contribution in [0.4, 0.5) is 0 Å². The van der Waals surface area contributed by atoms with Crippen LogP contribution in [0.2, 0.25) is 0 Å². The molecule has 2 N–H and O–H groups in total. The molecule has 1 atom stereocenters. The van der Waals surface area contributed by atoms with Crippen LogP contribution in [0, 0.1) is 0 Å². The minimum Gasteiger partial charge on any atom is -0.412 e. The van der Waals surface area contributed by atoms with E-state index in [0.29, 0.717) is 32.1 Å². The van der Waals surface area contributed by atoms with Gasteiger partial charge in [-0.25, -0.2) is 0 Å². The summed E-state index contributed by atoms with van der Waals surface area (Å²) in [5.41, 5.74) is 0. The molecule has 10 nitrogen and oxygen atoms in total. The Balaban J connectivity index is 2.53. The first-order valence-electron chi connectivity index (χ1n) is 9.97. The van der Waals surface area contributed by atoms with Crippen molar-refractivity contribution in [2.45, 2.75) is 95.4 Å². The Morgan fingerprint density at radius 1 is 0.793 bits per heavy atom. The highest BCUT2D eigenvalue weighted by atomic mass is 16.9. The maximum Gasteiger partial charge on any atom is 0.456 e. The van der Waals surface area contributed by atoms with Gasteiger partial charge in [0.1, 0.15) is 0 Å². The van der Waals surface area contributed by atoms with Crippen LogP contribution in [0.1, 0.15) is 77.6 Å². The van der Waals surface area contributed by atoms with Crippen molar-refractivity contribution < 1.29 is 48.3 Å². The third kappa shape index (κ3) is 6.14. The molecule has 0 bridgehead atoms. The number of hydrogen-bond donors (Lipinski definition) is 2. The Bertz CT molecular complexity index is 588. The first kappa shape index (κ1) is 23.1. The zero-order chi connectivity index (χ0) is 21.5. The Hall–Kier alpha value is -2.20. The van der Waals surface area contributed by atoms with Crippen LogP contribution < -0.4 is 0 Å². The average Bonchev–Trinajstić information content (AvgIpc) is 2.72. The molecule has 2 saturated heterocycles. The maximum absolute atomic E-state index is 12.3. The molecule has 29 heavy (non-hydrogen) atoms. The van der Waals surface area contributed by atoms with Gasteiger partial charge in [-0.1, -0.05) is 13.3 Å². The van der Waals surface area contributed by atoms with Crippen molar-refractivity contribution in [3.05, 3.63) is 0 Å². The number of ether oxygens (including phenoxy) is 4. The quantitative estimate of drug-likeness (QED) is 0.627. The van der Waals surface area contributed by atoms with Gasteiger partial charge in [0, 0.05) is 25.7 Å². The lowest BCUT2D eigenvalue weighted by Crippen LogP contribution is -2.64. The molecule has 0 aromatic heterocycles. The molecule has 0 aliphatic carbocycles. The van der Waals surface area contributed by atoms with E-state index in [1.54, 1.807) is 6.92 Å². The minimum atomic E-state index is -3.23. The molecule has 2 fully saturated rings. The Labute approximate surface area is 168 Å². The summed E-state index contributed by atoms with van der Waals surface area (Å²) in [5.74, 6) is -9.53. The van der Waals surface area contributed by atoms with Gasteiger partial charge in [0.25, 0.3) is 0 Å². The first-order valence-corrected chi connectivity index (χ1v) is 9.97. The summed E-state index contributed by atoms with van der Waals surface area (Å²) < 4.78 is 20.5. The topological polar surface area (TPSA) is 146 Å². The van der Waals surface area contributed by atoms with E-state index in [-0.39, 0.29) is 32.1 Å². The predicted octanol–water partition coefficient (Wildman–Crippen LogP) is 1.20. The average molecular weight is 416 g/mol. The van der Waals surface area contributed by atoms with Crippen molar-refractivity contribution in [3.63, 3.8) is 0 Å². The van der Waals surface area contributed by atoms with Crippen molar-refractivity contribution in [2.75, 3.05) is 0 Å². The van der Waals surface area contributed by atoms with Gasteiger partial charge >= 0.3 is 35.6 Å². The monoisotopic (exact) mass is 416 g/mol. The molecule has 2 aliphatic rings. The standard InChI is InChI=1S/C19H28O10/c1-2-7-13(20)12-18(26-14(21)8-3-4-9-15(22)27-18)19(25)28-16(23)10-5-6-11-17(24)29-19/h13,20,25H,2-12H2,1H3. The fraction of sp³-hybridized carbons (Fsp3) is 0.789. The minimum absolute atomic E-state index is 0.0970. The van der Waals surface area contributed by atoms with Gasteiger partial charge in [-0.3, -0.25) is 19.2 Å². The highest BCUT2D eigenvalue weighted by Gasteiger charge is 2.66. The molecule has 0 aromatic rings. The molecule has 10 heteroatoms. The van der Waals surface area contributed by atoms with Crippen LogP contribution in [0.3, 0.4) is 0 Å². The van der Waals surface area contributed by atoms with E-state index in [1.165, 1.54) is 0 Å². The second-order valence-corrected chi connectivity index (χ2v) is 7.29. The number of hydrogen-bond acceptors (Lipinski definition) is 10. The van der Waals surface area contributed by atoms with Crippen LogP contribution in [0.15, 0.2) is 0 Å². The zero-order valence-corrected chi connectivity index (χ0v) is 16.5. The lowest BCUT2D eigenvalue weighted by molar-refractivity contribution is -0.446. The number of esters is 4. The van der Waals surface area contributed by atoms with Crippen LogP contribution in [-0.2, 0) is 38.1 Å². The smallest absolute Gasteiger partial charge is 0.412 e. The Kier molecular flexibility index (Phi) is 7.97. The summed E-state index contributed by atoms with van der Waals surface area (Å²) in [5, 5.41) is 21.5. The third-order valence-electron chi connectivity index (χ3n) is 4.69. The molecule has 0 amide bonds. The van der Waals surface area contributed by atoms with E-state index in [2.05, 4.69) is 0 Å². The highest BCUT2D eigenvalue weighted by Crippen LogP contribution is 2.39. The number of carbonyl (C=O) groups is 4. The molecule has 2 rings (SSSR count). The lowest BCUT2D eigenvalue weighted by atomic mass is 10.0. The molecule has 1 unspecified atom stereocenters. The van der Waals surface area contributed by atoms with E-state index in [0.717, 1.165) is 0 Å². The van der Waals surface area contributed by atoms with Gasteiger partial charge in [-0.15, -0.1) is 0 Å². The van der Waals surface area contributed by atoms with Gasteiger partial charge in [0.2, 0.25) is 0 Å². The van der Waals surface area contributed by atoms with Crippen molar-refractivity contribution in [1.82, 2.24) is 0 Å². The SMILES string of the molecule is CCCC(O)CC1(C2(O)OC(=O)CCCCC(=O)O2)OC(=O)CCCCC(=O)O1. The molecular formula is C19H28O10. The molecule has 0 spiro atoms. The molecule has 164 valence electrons. The van der Waals surface area contributed by atoms with Crippen molar-refractivity contribution in [3.8, 4) is 0 Å². The normalized spacial score (nSPS) is 24.1. The molecule has 0 radical (unpaired) electrons. The second kappa shape index (κ2) is 10.0. The van der Waals surface area contributed by atoms with E-state index < -0.39 is 48.2 Å². The largest absolute Gasteiger partial charge is 0.456 e. The van der Waals surface area contributed by atoms with E-state index in [4.69, 9.17) is 18.9 Å². The van der Waals surface area contributed by atoms with E-state index in [9.17, 15) is 29.4 Å². The fourth-order valence-electron chi connectivity index (χ4n) is 3.24. The summed E-state index contributed by atoms with van der Waals surface area (Å²) in [6, 6.07) is 0. The molecule has 0 saturated carbocycles.